The summed E-state index contributed by atoms with van der Waals surface area (Å²) in [5.41, 5.74) is 3.32. The van der Waals surface area contributed by atoms with Gasteiger partial charge in [-0.15, -0.1) is 0 Å². The van der Waals surface area contributed by atoms with Crippen LogP contribution >= 0.6 is 0 Å². The van der Waals surface area contributed by atoms with Crippen LogP contribution in [0, 0.1) is 6.92 Å². The summed E-state index contributed by atoms with van der Waals surface area (Å²) in [4.78, 5) is 34.1. The zero-order valence-electron chi connectivity index (χ0n) is 16.1. The maximum atomic E-state index is 12.3. The van der Waals surface area contributed by atoms with Gasteiger partial charge in [0.15, 0.2) is 0 Å². The third-order valence-corrected chi connectivity index (χ3v) is 4.46. The highest BCUT2D eigenvalue weighted by atomic mass is 16.4. The smallest absolute Gasteiger partial charge is 0.288 e. The van der Waals surface area contributed by atoms with E-state index in [0.717, 1.165) is 22.5 Å². The van der Waals surface area contributed by atoms with Gasteiger partial charge in [0.05, 0.1) is 6.20 Å². The molecule has 28 heavy (non-hydrogen) atoms. The molecule has 3 aromatic rings. The fourth-order valence-corrected chi connectivity index (χ4v) is 2.69. The number of nitrogens with one attached hydrogen (secondary N) is 1. The second-order valence-electron chi connectivity index (χ2n) is 6.31. The van der Waals surface area contributed by atoms with Crippen LogP contribution in [0.4, 0.5) is 5.69 Å². The molecule has 0 fully saturated rings. The van der Waals surface area contributed by atoms with Gasteiger partial charge < -0.3 is 14.6 Å². The largest absolute Gasteiger partial charge is 0.431 e. The van der Waals surface area contributed by atoms with Crippen LogP contribution in [0.25, 0.3) is 11.5 Å². The average Bonchev–Trinajstić information content (AvgIpc) is 3.22. The van der Waals surface area contributed by atoms with E-state index in [9.17, 15) is 9.59 Å². The number of carbonyl (C=O) groups is 2. The molecule has 0 aliphatic rings. The zero-order chi connectivity index (χ0) is 20.1. The molecule has 0 saturated heterocycles. The fraction of sp³-hybridized carbons (Fsp3) is 0.238. The Morgan fingerprint density at radius 1 is 1.14 bits per heavy atom. The summed E-state index contributed by atoms with van der Waals surface area (Å²) in [5.74, 6) is 0.177. The predicted molar refractivity (Wildman–Crippen MR) is 106 cm³/mol. The van der Waals surface area contributed by atoms with E-state index in [2.05, 4.69) is 15.3 Å². The van der Waals surface area contributed by atoms with Crippen molar-refractivity contribution in [2.24, 2.45) is 0 Å². The highest BCUT2D eigenvalue weighted by molar-refractivity contribution is 5.93. The monoisotopic (exact) mass is 378 g/mol. The number of nitrogens with zero attached hydrogens (tertiary/aromatic N) is 3. The van der Waals surface area contributed by atoms with Crippen LogP contribution in [0.5, 0.6) is 0 Å². The Labute approximate surface area is 163 Å². The van der Waals surface area contributed by atoms with E-state index in [0.29, 0.717) is 18.9 Å². The second-order valence-corrected chi connectivity index (χ2v) is 6.31. The summed E-state index contributed by atoms with van der Waals surface area (Å²) in [6.07, 6.45) is 3.56. The lowest BCUT2D eigenvalue weighted by Crippen LogP contribution is -2.24. The fourth-order valence-electron chi connectivity index (χ4n) is 2.69. The van der Waals surface area contributed by atoms with Crippen molar-refractivity contribution in [3.63, 3.8) is 0 Å². The Bertz CT molecular complexity index is 979. The van der Waals surface area contributed by atoms with Crippen LogP contribution in [0.15, 0.2) is 53.2 Å². The van der Waals surface area contributed by atoms with Crippen LogP contribution < -0.4 is 10.2 Å². The summed E-state index contributed by atoms with van der Waals surface area (Å²) in [6.45, 7) is 4.08. The van der Waals surface area contributed by atoms with Crippen molar-refractivity contribution in [1.29, 1.82) is 0 Å². The number of anilines is 1. The number of aromatic nitrogens is 2. The van der Waals surface area contributed by atoms with E-state index >= 15 is 0 Å². The van der Waals surface area contributed by atoms with Crippen molar-refractivity contribution in [1.82, 2.24) is 15.3 Å². The second kappa shape index (κ2) is 8.47. The molecular formula is C21H22N4O3. The van der Waals surface area contributed by atoms with E-state index in [1.165, 1.54) is 6.20 Å². The molecule has 1 N–H and O–H groups in total. The number of hydrogen-bond donors (Lipinski definition) is 1. The Morgan fingerprint density at radius 2 is 1.89 bits per heavy atom. The number of amides is 2. The summed E-state index contributed by atoms with van der Waals surface area (Å²) in [7, 11) is 1.73. The summed E-state index contributed by atoms with van der Waals surface area (Å²) in [6, 6.07) is 11.0. The summed E-state index contributed by atoms with van der Waals surface area (Å²) < 4.78 is 5.60. The van der Waals surface area contributed by atoms with Crippen molar-refractivity contribution in [2.75, 3.05) is 11.9 Å². The first-order chi connectivity index (χ1) is 13.5. The highest BCUT2D eigenvalue weighted by Crippen LogP contribution is 2.23. The van der Waals surface area contributed by atoms with Crippen molar-refractivity contribution < 1.29 is 14.0 Å². The first-order valence-corrected chi connectivity index (χ1v) is 9.01. The van der Waals surface area contributed by atoms with Gasteiger partial charge in [0, 0.05) is 43.2 Å². The lowest BCUT2D eigenvalue weighted by molar-refractivity contribution is -0.118. The molecule has 2 amide bonds. The lowest BCUT2D eigenvalue weighted by Gasteiger charge is -2.16. The van der Waals surface area contributed by atoms with E-state index in [1.54, 1.807) is 30.3 Å². The molecule has 0 unspecified atom stereocenters. The zero-order valence-corrected chi connectivity index (χ0v) is 16.1. The maximum absolute atomic E-state index is 12.3. The molecule has 0 atom stereocenters. The van der Waals surface area contributed by atoms with Gasteiger partial charge in [-0.3, -0.25) is 14.6 Å². The van der Waals surface area contributed by atoms with Crippen LogP contribution in [0.2, 0.25) is 0 Å². The van der Waals surface area contributed by atoms with Crippen molar-refractivity contribution in [2.45, 2.75) is 26.8 Å². The number of aryl methyl sites for hydroxylation is 1. The highest BCUT2D eigenvalue weighted by Gasteiger charge is 2.15. The number of benzene rings is 1. The quantitative estimate of drug-likeness (QED) is 0.711. The Kier molecular flexibility index (Phi) is 5.84. The van der Waals surface area contributed by atoms with Gasteiger partial charge in [-0.1, -0.05) is 13.0 Å². The van der Waals surface area contributed by atoms with Gasteiger partial charge in [-0.25, -0.2) is 4.98 Å². The molecule has 7 heteroatoms. The van der Waals surface area contributed by atoms with Gasteiger partial charge in [-0.05, 0) is 42.8 Å². The Balaban J connectivity index is 1.67. The van der Waals surface area contributed by atoms with Gasteiger partial charge in [-0.2, -0.15) is 0 Å². The van der Waals surface area contributed by atoms with Crippen LogP contribution in [0.1, 0.15) is 35.2 Å². The molecule has 0 bridgehead atoms. The molecule has 0 radical (unpaired) electrons. The van der Waals surface area contributed by atoms with E-state index in [1.807, 2.05) is 38.1 Å². The summed E-state index contributed by atoms with van der Waals surface area (Å²) in [5, 5.41) is 2.81. The van der Waals surface area contributed by atoms with Gasteiger partial charge in [0.2, 0.25) is 17.6 Å². The van der Waals surface area contributed by atoms with Crippen molar-refractivity contribution in [3.8, 4) is 11.5 Å². The first kappa shape index (κ1) is 19.3. The van der Waals surface area contributed by atoms with E-state index in [-0.39, 0.29) is 17.6 Å². The molecule has 144 valence electrons. The predicted octanol–water partition coefficient (Wildman–Crippen LogP) is 3.35. The number of pyridine rings is 1. The summed E-state index contributed by atoms with van der Waals surface area (Å²) >= 11 is 0. The molecule has 7 nitrogen and oxygen atoms in total. The van der Waals surface area contributed by atoms with Crippen LogP contribution in [0.3, 0.4) is 0 Å². The molecule has 0 spiro atoms. The first-order valence-electron chi connectivity index (χ1n) is 9.01. The molecular weight excluding hydrogens is 356 g/mol. The SMILES string of the molecule is CCC(=O)N(C)c1ccc(-c2ncc(C(=O)NCc3cccnc3C)o2)cc1. The normalized spacial score (nSPS) is 10.5. The van der Waals surface area contributed by atoms with E-state index < -0.39 is 0 Å². The van der Waals surface area contributed by atoms with Crippen LogP contribution in [-0.4, -0.2) is 28.8 Å². The molecule has 0 aliphatic heterocycles. The topological polar surface area (TPSA) is 88.3 Å². The third kappa shape index (κ3) is 4.25. The number of oxazole rings is 1. The lowest BCUT2D eigenvalue weighted by atomic mass is 10.2. The minimum Gasteiger partial charge on any atom is -0.431 e. The molecule has 0 saturated carbocycles. The Morgan fingerprint density at radius 3 is 2.57 bits per heavy atom. The molecule has 2 aromatic heterocycles. The number of carbonyl (C=O) groups excluding carboxylic acids is 2. The average molecular weight is 378 g/mol. The van der Waals surface area contributed by atoms with Gasteiger partial charge in [0.1, 0.15) is 0 Å². The standard InChI is InChI=1S/C21H22N4O3/c1-4-19(26)25(3)17-9-7-15(8-10-17)21-24-13-18(28-21)20(27)23-12-16-6-5-11-22-14(16)2/h5-11,13H,4,12H2,1-3H3,(H,23,27). The molecule has 1 aromatic carbocycles. The van der Waals surface area contributed by atoms with Crippen LogP contribution in [-0.2, 0) is 11.3 Å². The molecule has 0 aliphatic carbocycles. The minimum atomic E-state index is -0.341. The maximum Gasteiger partial charge on any atom is 0.288 e. The van der Waals surface area contributed by atoms with Crippen molar-refractivity contribution >= 4 is 17.5 Å². The minimum absolute atomic E-state index is 0.0340. The Hall–Kier alpha value is -3.48. The molecule has 2 heterocycles. The van der Waals surface area contributed by atoms with E-state index in [4.69, 9.17) is 4.42 Å². The third-order valence-electron chi connectivity index (χ3n) is 4.46. The number of hydrogen-bond acceptors (Lipinski definition) is 5. The number of rotatable bonds is 6. The van der Waals surface area contributed by atoms with Crippen molar-refractivity contribution in [3.05, 3.63) is 65.8 Å². The van der Waals surface area contributed by atoms with Gasteiger partial charge in [0.25, 0.3) is 5.91 Å². The molecule has 3 rings (SSSR count). The van der Waals surface area contributed by atoms with Gasteiger partial charge >= 0.3 is 0 Å².